The minimum Gasteiger partial charge on any atom is -0.480 e. The largest absolute Gasteiger partial charge is 0.480 e. The first kappa shape index (κ1) is 20.2. The number of benzene rings is 3. The molecule has 0 aliphatic carbocycles. The van der Waals surface area contributed by atoms with Crippen molar-refractivity contribution in [3.63, 3.8) is 0 Å². The van der Waals surface area contributed by atoms with E-state index >= 15 is 0 Å². The van der Waals surface area contributed by atoms with Crippen LogP contribution in [0.2, 0.25) is 0 Å². The van der Waals surface area contributed by atoms with Crippen LogP contribution in [0, 0.1) is 13.8 Å². The van der Waals surface area contributed by atoms with Crippen LogP contribution in [0.25, 0.3) is 10.8 Å². The minimum atomic E-state index is -0.504. The van der Waals surface area contributed by atoms with Crippen LogP contribution in [0.3, 0.4) is 0 Å². The van der Waals surface area contributed by atoms with E-state index in [1.807, 2.05) is 24.3 Å². The van der Waals surface area contributed by atoms with Crippen molar-refractivity contribution in [2.75, 3.05) is 6.54 Å². The van der Waals surface area contributed by atoms with Crippen LogP contribution in [0.4, 0.5) is 0 Å². The summed E-state index contributed by atoms with van der Waals surface area (Å²) < 4.78 is 5.90. The fraction of sp³-hybridized carbons (Fsp3) is 0.261. The Hall–Kier alpha value is -2.56. The summed E-state index contributed by atoms with van der Waals surface area (Å²) in [6, 6.07) is 18.2. The number of nitrogens with two attached hydrogens (primary N) is 1. The van der Waals surface area contributed by atoms with Crippen molar-refractivity contribution >= 4 is 29.1 Å². The molecule has 3 N–H and O–H groups in total. The lowest BCUT2D eigenvalue weighted by Gasteiger charge is -2.20. The van der Waals surface area contributed by atoms with E-state index < -0.39 is 6.10 Å². The third kappa shape index (κ3) is 3.84. The lowest BCUT2D eigenvalue weighted by Crippen LogP contribution is -2.41. The molecule has 0 aromatic heterocycles. The van der Waals surface area contributed by atoms with Crippen LogP contribution in [-0.2, 0) is 11.2 Å². The Balaban J connectivity index is 0.00000225. The highest BCUT2D eigenvalue weighted by molar-refractivity contribution is 5.85. The van der Waals surface area contributed by atoms with Gasteiger partial charge in [-0.2, -0.15) is 0 Å². The predicted molar refractivity (Wildman–Crippen MR) is 115 cm³/mol. The van der Waals surface area contributed by atoms with Crippen LogP contribution < -0.4 is 15.8 Å². The Bertz CT molecular complexity index is 988. The van der Waals surface area contributed by atoms with Crippen molar-refractivity contribution in [2.45, 2.75) is 32.4 Å². The van der Waals surface area contributed by atoms with Gasteiger partial charge in [0.25, 0.3) is 5.91 Å². The normalized spacial score (nSPS) is 16.0. The van der Waals surface area contributed by atoms with Gasteiger partial charge in [-0.25, -0.2) is 0 Å². The summed E-state index contributed by atoms with van der Waals surface area (Å²) in [5, 5.41) is 5.37. The Morgan fingerprint density at radius 2 is 1.82 bits per heavy atom. The van der Waals surface area contributed by atoms with Crippen LogP contribution in [0.5, 0.6) is 5.75 Å². The monoisotopic (exact) mass is 396 g/mol. The van der Waals surface area contributed by atoms with Crippen LogP contribution in [0.1, 0.15) is 28.3 Å². The molecule has 4 rings (SSSR count). The zero-order valence-electron chi connectivity index (χ0n) is 16.1. The fourth-order valence-electron chi connectivity index (χ4n) is 3.63. The molecule has 2 unspecified atom stereocenters. The van der Waals surface area contributed by atoms with E-state index in [0.717, 1.165) is 22.3 Å². The molecule has 1 aliphatic heterocycles. The first-order valence-corrected chi connectivity index (χ1v) is 9.31. The zero-order chi connectivity index (χ0) is 19.0. The molecule has 0 radical (unpaired) electrons. The van der Waals surface area contributed by atoms with Crippen molar-refractivity contribution < 1.29 is 9.53 Å². The number of hydrogen-bond acceptors (Lipinski definition) is 3. The number of ether oxygens (including phenoxy) is 1. The maximum absolute atomic E-state index is 12.8. The number of hydrogen-bond donors (Lipinski definition) is 2. The first-order chi connectivity index (χ1) is 13.0. The fourth-order valence-corrected chi connectivity index (χ4v) is 3.63. The molecule has 0 bridgehead atoms. The predicted octanol–water partition coefficient (Wildman–Crippen LogP) is 4.00. The van der Waals surface area contributed by atoms with E-state index in [4.69, 9.17) is 10.5 Å². The van der Waals surface area contributed by atoms with E-state index in [2.05, 4.69) is 49.5 Å². The van der Waals surface area contributed by atoms with Crippen molar-refractivity contribution in [1.82, 2.24) is 5.32 Å². The van der Waals surface area contributed by atoms with Crippen LogP contribution in [-0.4, -0.2) is 18.6 Å². The van der Waals surface area contributed by atoms with Crippen molar-refractivity contribution in [3.05, 3.63) is 76.9 Å². The standard InChI is InChI=1S/C23H24N2O2.ClH/c1-14-9-19-12-22(27-21(19)10-15(14)2)23(26)25-20(13-24)18-8-7-16-5-3-4-6-17(16)11-18;/h3-11,20,22H,12-13,24H2,1-2H3,(H,25,26);1H. The first-order valence-electron chi connectivity index (χ1n) is 9.31. The molecular formula is C23H25ClN2O2. The maximum Gasteiger partial charge on any atom is 0.261 e. The quantitative estimate of drug-likeness (QED) is 0.700. The molecular weight excluding hydrogens is 372 g/mol. The third-order valence-corrected chi connectivity index (χ3v) is 5.37. The molecule has 0 spiro atoms. The molecule has 28 heavy (non-hydrogen) atoms. The maximum atomic E-state index is 12.8. The van der Waals surface area contributed by atoms with Gasteiger partial charge < -0.3 is 15.8 Å². The molecule has 4 nitrogen and oxygen atoms in total. The van der Waals surface area contributed by atoms with Gasteiger partial charge in [-0.1, -0.05) is 42.5 Å². The van der Waals surface area contributed by atoms with Crippen molar-refractivity contribution in [2.24, 2.45) is 5.73 Å². The molecule has 1 amide bonds. The van der Waals surface area contributed by atoms with Gasteiger partial charge in [-0.3, -0.25) is 4.79 Å². The summed E-state index contributed by atoms with van der Waals surface area (Å²) in [6.07, 6.45) is 0.0906. The van der Waals surface area contributed by atoms with Gasteiger partial charge in [0.15, 0.2) is 6.10 Å². The second-order valence-corrected chi connectivity index (χ2v) is 7.26. The summed E-state index contributed by atoms with van der Waals surface area (Å²) in [5.41, 5.74) is 10.5. The molecule has 146 valence electrons. The Morgan fingerprint density at radius 3 is 2.57 bits per heavy atom. The van der Waals surface area contributed by atoms with Crippen LogP contribution >= 0.6 is 12.4 Å². The van der Waals surface area contributed by atoms with Gasteiger partial charge in [0.1, 0.15) is 5.75 Å². The number of halogens is 1. The molecule has 0 saturated heterocycles. The summed E-state index contributed by atoms with van der Waals surface area (Å²) in [4.78, 5) is 12.8. The van der Waals surface area contributed by atoms with Gasteiger partial charge in [-0.15, -0.1) is 12.4 Å². The number of carbonyl (C=O) groups excluding carboxylic acids is 1. The second-order valence-electron chi connectivity index (χ2n) is 7.26. The lowest BCUT2D eigenvalue weighted by molar-refractivity contribution is -0.128. The SMILES string of the molecule is Cc1cc2c(cc1C)OC(C(=O)NC(CN)c1ccc3ccccc3c1)C2.Cl. The summed E-state index contributed by atoms with van der Waals surface area (Å²) in [5.74, 6) is 0.693. The molecule has 0 fully saturated rings. The van der Waals surface area contributed by atoms with E-state index in [0.29, 0.717) is 13.0 Å². The summed E-state index contributed by atoms with van der Waals surface area (Å²) >= 11 is 0. The number of nitrogens with one attached hydrogen (secondary N) is 1. The highest BCUT2D eigenvalue weighted by atomic mass is 35.5. The van der Waals surface area contributed by atoms with E-state index in [1.165, 1.54) is 16.5 Å². The van der Waals surface area contributed by atoms with Gasteiger partial charge in [0, 0.05) is 13.0 Å². The number of carbonyl (C=O) groups is 1. The summed E-state index contributed by atoms with van der Waals surface area (Å²) in [6.45, 7) is 4.46. The molecule has 5 heteroatoms. The molecule has 1 aliphatic rings. The van der Waals surface area contributed by atoms with Crippen LogP contribution in [0.15, 0.2) is 54.6 Å². The summed E-state index contributed by atoms with van der Waals surface area (Å²) in [7, 11) is 0. The Kier molecular flexibility index (Phi) is 5.92. The molecule has 3 aromatic rings. The Morgan fingerprint density at radius 1 is 1.11 bits per heavy atom. The van der Waals surface area contributed by atoms with E-state index in [-0.39, 0.29) is 24.4 Å². The van der Waals surface area contributed by atoms with Gasteiger partial charge in [0.05, 0.1) is 6.04 Å². The van der Waals surface area contributed by atoms with Crippen molar-refractivity contribution in [3.8, 4) is 5.75 Å². The van der Waals surface area contributed by atoms with Crippen molar-refractivity contribution in [1.29, 1.82) is 0 Å². The molecule has 3 aromatic carbocycles. The average molecular weight is 397 g/mol. The van der Waals surface area contributed by atoms with E-state index in [1.54, 1.807) is 0 Å². The smallest absolute Gasteiger partial charge is 0.261 e. The second kappa shape index (κ2) is 8.21. The van der Waals surface area contributed by atoms with Gasteiger partial charge in [-0.05, 0) is 59.0 Å². The molecule has 2 atom stereocenters. The number of fused-ring (bicyclic) bond motifs is 2. The number of rotatable bonds is 4. The average Bonchev–Trinajstić information content (AvgIpc) is 3.08. The number of amides is 1. The third-order valence-electron chi connectivity index (χ3n) is 5.37. The number of aryl methyl sites for hydroxylation is 2. The Labute approximate surface area is 171 Å². The molecule has 1 heterocycles. The van der Waals surface area contributed by atoms with E-state index in [9.17, 15) is 4.79 Å². The minimum absolute atomic E-state index is 0. The lowest BCUT2D eigenvalue weighted by atomic mass is 10.0. The molecule has 0 saturated carbocycles. The van der Waals surface area contributed by atoms with Gasteiger partial charge >= 0.3 is 0 Å². The highest BCUT2D eigenvalue weighted by Crippen LogP contribution is 2.32. The zero-order valence-corrected chi connectivity index (χ0v) is 16.9. The topological polar surface area (TPSA) is 64.3 Å². The highest BCUT2D eigenvalue weighted by Gasteiger charge is 2.30. The van der Waals surface area contributed by atoms with Gasteiger partial charge in [0.2, 0.25) is 0 Å².